The number of nitrogens with one attached hydrogen (secondary N) is 1. The molecule has 0 bridgehead atoms. The highest BCUT2D eigenvalue weighted by atomic mass is 79.9. The molecule has 1 fully saturated rings. The summed E-state index contributed by atoms with van der Waals surface area (Å²) in [6.45, 7) is 5.66. The normalized spacial score (nSPS) is 18.4. The van der Waals surface area contributed by atoms with Gasteiger partial charge in [-0.25, -0.2) is 10.4 Å². The van der Waals surface area contributed by atoms with Crippen LogP contribution < -0.4 is 20.8 Å². The molecular formula is C25H27BrN6O2. The molecule has 2 aromatic rings. The zero-order valence-corrected chi connectivity index (χ0v) is 20.7. The molecule has 8 nitrogen and oxygen atoms in total. The Morgan fingerprint density at radius 1 is 1.21 bits per heavy atom. The van der Waals surface area contributed by atoms with Gasteiger partial charge in [-0.3, -0.25) is 9.80 Å². The van der Waals surface area contributed by atoms with Gasteiger partial charge in [0.15, 0.2) is 0 Å². The van der Waals surface area contributed by atoms with E-state index in [1.165, 1.54) is 0 Å². The summed E-state index contributed by atoms with van der Waals surface area (Å²) in [5.74, 6) is 0.340. The summed E-state index contributed by atoms with van der Waals surface area (Å²) in [5.41, 5.74) is 12.9. The highest BCUT2D eigenvalue weighted by Crippen LogP contribution is 2.30. The average molecular weight is 523 g/mol. The lowest BCUT2D eigenvalue weighted by Crippen LogP contribution is -2.55. The maximum absolute atomic E-state index is 11.3. The van der Waals surface area contributed by atoms with Crippen molar-refractivity contribution >= 4 is 33.9 Å². The first-order valence-electron chi connectivity index (χ1n) is 11.1. The Morgan fingerprint density at radius 2 is 1.85 bits per heavy atom. The van der Waals surface area contributed by atoms with Gasteiger partial charge < -0.3 is 15.4 Å². The number of hydrazine groups is 1. The molecule has 0 saturated carbocycles. The van der Waals surface area contributed by atoms with Crippen molar-refractivity contribution < 1.29 is 9.53 Å². The number of nitriles is 1. The van der Waals surface area contributed by atoms with Gasteiger partial charge in [0, 0.05) is 36.6 Å². The van der Waals surface area contributed by atoms with Crippen molar-refractivity contribution in [2.75, 3.05) is 18.0 Å². The second-order valence-electron chi connectivity index (χ2n) is 8.51. The second kappa shape index (κ2) is 10.3. The number of hydrogen-bond acceptors (Lipinski definition) is 7. The van der Waals surface area contributed by atoms with Crippen LogP contribution in [0.2, 0.25) is 0 Å². The van der Waals surface area contributed by atoms with Crippen molar-refractivity contribution in [3.05, 3.63) is 69.3 Å². The molecule has 2 aromatic carbocycles. The van der Waals surface area contributed by atoms with Gasteiger partial charge in [0.05, 0.1) is 16.1 Å². The van der Waals surface area contributed by atoms with Crippen LogP contribution in [0, 0.1) is 25.2 Å². The van der Waals surface area contributed by atoms with E-state index in [4.69, 9.17) is 10.5 Å². The van der Waals surface area contributed by atoms with Crippen molar-refractivity contribution in [3.8, 4) is 11.8 Å². The number of primary amides is 1. The van der Waals surface area contributed by atoms with Crippen molar-refractivity contribution in [1.82, 2.24) is 10.4 Å². The fraction of sp³-hybridized carbons (Fsp3) is 0.320. The number of nitrogens with zero attached hydrogens (tertiary/aromatic N) is 4. The van der Waals surface area contributed by atoms with E-state index in [1.54, 1.807) is 24.7 Å². The number of benzene rings is 2. The van der Waals surface area contributed by atoms with Crippen molar-refractivity contribution in [3.63, 3.8) is 0 Å². The van der Waals surface area contributed by atoms with Gasteiger partial charge in [-0.1, -0.05) is 0 Å². The minimum absolute atomic E-state index is 0.250. The number of halogens is 1. The number of rotatable bonds is 6. The first-order valence-corrected chi connectivity index (χ1v) is 11.9. The molecule has 9 heteroatoms. The van der Waals surface area contributed by atoms with Crippen LogP contribution in [-0.4, -0.2) is 42.6 Å². The minimum Gasteiger partial charge on any atom is -0.464 e. The predicted molar refractivity (Wildman–Crippen MR) is 136 cm³/mol. The van der Waals surface area contributed by atoms with Crippen LogP contribution in [-0.2, 0) is 0 Å². The number of hydrogen-bond donors (Lipinski definition) is 2. The van der Waals surface area contributed by atoms with E-state index in [1.807, 2.05) is 43.1 Å². The quantitative estimate of drug-likeness (QED) is 0.598. The molecule has 0 aliphatic carbocycles. The van der Waals surface area contributed by atoms with Crippen LogP contribution in [0.4, 0.5) is 5.69 Å². The molecule has 2 aliphatic rings. The Balaban J connectivity index is 1.40. The van der Waals surface area contributed by atoms with Crippen LogP contribution in [0.3, 0.4) is 0 Å². The molecule has 0 radical (unpaired) electrons. The number of anilines is 1. The fourth-order valence-electron chi connectivity index (χ4n) is 4.27. The van der Waals surface area contributed by atoms with E-state index in [9.17, 15) is 10.1 Å². The molecule has 0 aromatic heterocycles. The Hall–Kier alpha value is -3.35. The minimum atomic E-state index is -0.416. The Kier molecular flexibility index (Phi) is 7.20. The average Bonchev–Trinajstić information content (AvgIpc) is 2.83. The summed E-state index contributed by atoms with van der Waals surface area (Å²) >= 11 is 3.60. The Bertz CT molecular complexity index is 1140. The molecule has 2 heterocycles. The molecule has 1 saturated heterocycles. The van der Waals surface area contributed by atoms with E-state index < -0.39 is 12.1 Å². The molecule has 176 valence electrons. The molecule has 4 rings (SSSR count). The van der Waals surface area contributed by atoms with Crippen LogP contribution in [0.25, 0.3) is 0 Å². The number of aryl methyl sites for hydroxylation is 2. The van der Waals surface area contributed by atoms with Gasteiger partial charge >= 0.3 is 0 Å². The molecule has 0 spiro atoms. The molecular weight excluding hydrogens is 496 g/mol. The van der Waals surface area contributed by atoms with Gasteiger partial charge in [0.25, 0.3) is 0 Å². The summed E-state index contributed by atoms with van der Waals surface area (Å²) < 4.78 is 7.21. The number of nitrogens with two attached hydrogens (primary N) is 1. The monoisotopic (exact) mass is 522 g/mol. The first-order chi connectivity index (χ1) is 16.4. The number of ether oxygens (including phenoxy) is 1. The SMILES string of the molecule is Cc1cc(C#N)cc(C)c1OC1C(Br)=CN=CN1NC1CCN(c2ccc(C(N)=O)cc2)CC1. The van der Waals surface area contributed by atoms with Crippen LogP contribution >= 0.6 is 15.9 Å². The van der Waals surface area contributed by atoms with E-state index in [0.717, 1.165) is 53.0 Å². The number of piperidine rings is 1. The predicted octanol–water partition coefficient (Wildman–Crippen LogP) is 3.73. The molecule has 1 unspecified atom stereocenters. The van der Waals surface area contributed by atoms with Gasteiger partial charge in [-0.15, -0.1) is 0 Å². The second-order valence-corrected chi connectivity index (χ2v) is 9.42. The lowest BCUT2D eigenvalue weighted by molar-refractivity contribution is 0.0639. The summed E-state index contributed by atoms with van der Waals surface area (Å²) in [6, 6.07) is 13.5. The molecule has 2 aliphatic heterocycles. The van der Waals surface area contributed by atoms with E-state index in [0.29, 0.717) is 11.1 Å². The topological polar surface area (TPSA) is 107 Å². The third kappa shape index (κ3) is 5.24. The Labute approximate surface area is 207 Å². The van der Waals surface area contributed by atoms with Crippen molar-refractivity contribution in [2.45, 2.75) is 39.0 Å². The van der Waals surface area contributed by atoms with Gasteiger partial charge in [-0.05, 0) is 90.1 Å². The highest BCUT2D eigenvalue weighted by molar-refractivity contribution is 9.11. The molecule has 1 amide bonds. The summed E-state index contributed by atoms with van der Waals surface area (Å²) in [7, 11) is 0. The first kappa shape index (κ1) is 23.8. The lowest BCUT2D eigenvalue weighted by atomic mass is 10.0. The summed E-state index contributed by atoms with van der Waals surface area (Å²) in [5, 5.41) is 11.1. The third-order valence-electron chi connectivity index (χ3n) is 6.04. The molecule has 34 heavy (non-hydrogen) atoms. The number of aliphatic imine (C=N–C) groups is 1. The van der Waals surface area contributed by atoms with Crippen LogP contribution in [0.15, 0.2) is 52.1 Å². The van der Waals surface area contributed by atoms with Crippen molar-refractivity contribution in [2.24, 2.45) is 10.7 Å². The zero-order valence-electron chi connectivity index (χ0n) is 19.2. The number of carbonyl (C=O) groups excluding carboxylic acids is 1. The molecule has 1 atom stereocenters. The third-order valence-corrected chi connectivity index (χ3v) is 6.64. The van der Waals surface area contributed by atoms with Gasteiger partial charge in [0.2, 0.25) is 12.1 Å². The summed E-state index contributed by atoms with van der Waals surface area (Å²) in [6.07, 6.45) is 4.92. The van der Waals surface area contributed by atoms with E-state index in [2.05, 4.69) is 37.3 Å². The smallest absolute Gasteiger partial charge is 0.248 e. The van der Waals surface area contributed by atoms with Crippen LogP contribution in [0.1, 0.15) is 39.9 Å². The molecule has 3 N–H and O–H groups in total. The van der Waals surface area contributed by atoms with Gasteiger partial charge in [0.1, 0.15) is 12.1 Å². The van der Waals surface area contributed by atoms with Crippen molar-refractivity contribution in [1.29, 1.82) is 5.26 Å². The largest absolute Gasteiger partial charge is 0.464 e. The maximum Gasteiger partial charge on any atom is 0.248 e. The zero-order chi connectivity index (χ0) is 24.2. The van der Waals surface area contributed by atoms with E-state index in [-0.39, 0.29) is 6.04 Å². The fourth-order valence-corrected chi connectivity index (χ4v) is 4.71. The lowest BCUT2D eigenvalue weighted by Gasteiger charge is -2.39. The number of carbonyl (C=O) groups is 1. The van der Waals surface area contributed by atoms with Crippen LogP contribution in [0.5, 0.6) is 5.75 Å². The standard InChI is InChI=1S/C25H27BrN6O2/c1-16-11-18(13-27)12-17(2)23(16)34-25-22(26)14-29-15-32(25)30-20-7-9-31(10-8-20)21-5-3-19(4-6-21)24(28)33/h3-6,11-12,14-15,20,25,30H,7-10H2,1-2H3,(H2,28,33). The summed E-state index contributed by atoms with van der Waals surface area (Å²) in [4.78, 5) is 17.9. The number of amides is 1. The van der Waals surface area contributed by atoms with E-state index >= 15 is 0 Å². The van der Waals surface area contributed by atoms with Gasteiger partial charge in [-0.2, -0.15) is 5.26 Å². The Morgan fingerprint density at radius 3 is 2.44 bits per heavy atom. The maximum atomic E-state index is 11.3. The highest BCUT2D eigenvalue weighted by Gasteiger charge is 2.29.